The average molecular weight is 384 g/mol. The van der Waals surface area contributed by atoms with Gasteiger partial charge in [0.1, 0.15) is 0 Å². The molecule has 1 amide bonds. The van der Waals surface area contributed by atoms with E-state index in [1.165, 1.54) is 0 Å². The molecule has 0 spiro atoms. The van der Waals surface area contributed by atoms with Crippen LogP contribution in [0.4, 0.5) is 11.4 Å². The molecule has 98 valence electrons. The Morgan fingerprint density at radius 1 is 1.16 bits per heavy atom. The van der Waals surface area contributed by atoms with Gasteiger partial charge in [-0.3, -0.25) is 4.79 Å². The zero-order valence-corrected chi connectivity index (χ0v) is 13.4. The average Bonchev–Trinajstić information content (AvgIpc) is 2.37. The van der Waals surface area contributed by atoms with E-state index >= 15 is 0 Å². The van der Waals surface area contributed by atoms with Gasteiger partial charge in [-0.25, -0.2) is 0 Å². The van der Waals surface area contributed by atoms with Crippen molar-refractivity contribution in [3.63, 3.8) is 0 Å². The van der Waals surface area contributed by atoms with E-state index in [4.69, 9.17) is 5.73 Å². The second-order valence-electron chi connectivity index (χ2n) is 4.12. The fourth-order valence-corrected chi connectivity index (χ4v) is 2.82. The predicted molar refractivity (Wildman–Crippen MR) is 85.4 cm³/mol. The number of nitrogen functional groups attached to an aromatic ring is 1. The molecule has 0 saturated carbocycles. The lowest BCUT2D eigenvalue weighted by molar-refractivity contribution is 0.102. The first-order chi connectivity index (χ1) is 8.99. The molecule has 0 aliphatic carbocycles. The summed E-state index contributed by atoms with van der Waals surface area (Å²) < 4.78 is 1.64. The zero-order valence-electron chi connectivity index (χ0n) is 10.2. The summed E-state index contributed by atoms with van der Waals surface area (Å²) in [5.74, 6) is -0.171. The highest BCUT2D eigenvalue weighted by Crippen LogP contribution is 2.31. The summed E-state index contributed by atoms with van der Waals surface area (Å²) in [5, 5.41) is 2.87. The molecule has 0 radical (unpaired) electrons. The standard InChI is InChI=1S/C14H12Br2N2O/c1-8-7-9(5-6-12(8)17)14(19)18-13-10(15)3-2-4-11(13)16/h2-7H,17H2,1H3,(H,18,19). The first-order valence-electron chi connectivity index (χ1n) is 5.60. The van der Waals surface area contributed by atoms with Gasteiger partial charge in [-0.15, -0.1) is 0 Å². The first kappa shape index (κ1) is 14.1. The third kappa shape index (κ3) is 3.16. The van der Waals surface area contributed by atoms with Gasteiger partial charge >= 0.3 is 0 Å². The van der Waals surface area contributed by atoms with Gasteiger partial charge in [0, 0.05) is 20.2 Å². The number of carbonyl (C=O) groups is 1. The van der Waals surface area contributed by atoms with Gasteiger partial charge in [0.15, 0.2) is 0 Å². The van der Waals surface area contributed by atoms with Gasteiger partial charge in [-0.2, -0.15) is 0 Å². The molecule has 2 rings (SSSR count). The Hall–Kier alpha value is -1.33. The summed E-state index contributed by atoms with van der Waals surface area (Å²) in [6, 6.07) is 10.8. The van der Waals surface area contributed by atoms with Crippen molar-refractivity contribution in [3.05, 3.63) is 56.5 Å². The Bertz CT molecular complexity index is 621. The minimum atomic E-state index is -0.171. The number of hydrogen-bond donors (Lipinski definition) is 2. The van der Waals surface area contributed by atoms with E-state index in [2.05, 4.69) is 37.2 Å². The van der Waals surface area contributed by atoms with E-state index in [9.17, 15) is 4.79 Å². The second-order valence-corrected chi connectivity index (χ2v) is 5.83. The van der Waals surface area contributed by atoms with E-state index in [0.717, 1.165) is 14.5 Å². The molecular weight excluding hydrogens is 372 g/mol. The van der Waals surface area contributed by atoms with Crippen molar-refractivity contribution in [1.82, 2.24) is 0 Å². The molecule has 19 heavy (non-hydrogen) atoms. The number of para-hydroxylation sites is 1. The summed E-state index contributed by atoms with van der Waals surface area (Å²) in [5.41, 5.74) is 8.60. The number of nitrogens with one attached hydrogen (secondary N) is 1. The molecule has 0 heterocycles. The van der Waals surface area contributed by atoms with Crippen LogP contribution in [0.3, 0.4) is 0 Å². The first-order valence-corrected chi connectivity index (χ1v) is 7.19. The number of anilines is 2. The molecule has 2 aromatic rings. The number of amides is 1. The van der Waals surface area contributed by atoms with Crippen molar-refractivity contribution in [2.24, 2.45) is 0 Å². The minimum Gasteiger partial charge on any atom is -0.399 e. The lowest BCUT2D eigenvalue weighted by atomic mass is 10.1. The number of carbonyl (C=O) groups excluding carboxylic acids is 1. The van der Waals surface area contributed by atoms with Crippen LogP contribution in [0, 0.1) is 6.92 Å². The van der Waals surface area contributed by atoms with Crippen LogP contribution in [-0.2, 0) is 0 Å². The monoisotopic (exact) mass is 382 g/mol. The Morgan fingerprint density at radius 2 is 1.79 bits per heavy atom. The van der Waals surface area contributed by atoms with E-state index in [1.54, 1.807) is 18.2 Å². The topological polar surface area (TPSA) is 55.1 Å². The van der Waals surface area contributed by atoms with E-state index < -0.39 is 0 Å². The van der Waals surface area contributed by atoms with Gasteiger partial charge in [-0.05, 0) is 74.7 Å². The number of benzene rings is 2. The molecule has 2 aromatic carbocycles. The summed E-state index contributed by atoms with van der Waals surface area (Å²) in [6.45, 7) is 1.88. The van der Waals surface area contributed by atoms with Crippen LogP contribution in [0.2, 0.25) is 0 Å². The van der Waals surface area contributed by atoms with E-state index in [-0.39, 0.29) is 5.91 Å². The highest BCUT2D eigenvalue weighted by molar-refractivity contribution is 9.11. The van der Waals surface area contributed by atoms with Crippen molar-refractivity contribution in [2.75, 3.05) is 11.1 Å². The maximum absolute atomic E-state index is 12.2. The fourth-order valence-electron chi connectivity index (χ4n) is 1.62. The predicted octanol–water partition coefficient (Wildman–Crippen LogP) is 4.35. The van der Waals surface area contributed by atoms with Gasteiger partial charge in [0.25, 0.3) is 5.91 Å². The van der Waals surface area contributed by atoms with E-state index in [1.807, 2.05) is 25.1 Å². The van der Waals surface area contributed by atoms with Crippen molar-refractivity contribution >= 4 is 49.1 Å². The smallest absolute Gasteiger partial charge is 0.255 e. The normalized spacial score (nSPS) is 10.3. The Labute approximate surface area is 128 Å². The quantitative estimate of drug-likeness (QED) is 0.757. The molecule has 0 aliphatic heterocycles. The molecule has 5 heteroatoms. The SMILES string of the molecule is Cc1cc(C(=O)Nc2c(Br)cccc2Br)ccc1N. The van der Waals surface area contributed by atoms with Crippen LogP contribution in [0.1, 0.15) is 15.9 Å². The van der Waals surface area contributed by atoms with Crippen LogP contribution < -0.4 is 11.1 Å². The fraction of sp³-hybridized carbons (Fsp3) is 0.0714. The molecule has 3 N–H and O–H groups in total. The maximum atomic E-state index is 12.2. The number of nitrogens with two attached hydrogens (primary N) is 1. The Kier molecular flexibility index (Phi) is 4.27. The molecule has 0 unspecified atom stereocenters. The summed E-state index contributed by atoms with van der Waals surface area (Å²) >= 11 is 6.82. The second kappa shape index (κ2) is 5.75. The molecule has 0 saturated heterocycles. The van der Waals surface area contributed by atoms with E-state index in [0.29, 0.717) is 16.9 Å². The molecule has 0 aromatic heterocycles. The molecule has 3 nitrogen and oxygen atoms in total. The van der Waals surface area contributed by atoms with Gasteiger partial charge in [0.05, 0.1) is 5.69 Å². The third-order valence-corrected chi connectivity index (χ3v) is 4.05. The zero-order chi connectivity index (χ0) is 14.0. The third-order valence-electron chi connectivity index (χ3n) is 2.73. The van der Waals surface area contributed by atoms with Crippen LogP contribution >= 0.6 is 31.9 Å². The van der Waals surface area contributed by atoms with Crippen LogP contribution in [0.15, 0.2) is 45.3 Å². The molecule has 0 bridgehead atoms. The van der Waals surface area contributed by atoms with Gasteiger partial charge in [-0.1, -0.05) is 6.07 Å². The molecular formula is C14H12Br2N2O. The van der Waals surface area contributed by atoms with Crippen LogP contribution in [-0.4, -0.2) is 5.91 Å². The summed E-state index contributed by atoms with van der Waals surface area (Å²) in [6.07, 6.45) is 0. The molecule has 0 aliphatic rings. The number of hydrogen-bond acceptors (Lipinski definition) is 2. The molecule has 0 fully saturated rings. The number of rotatable bonds is 2. The summed E-state index contributed by atoms with van der Waals surface area (Å²) in [4.78, 5) is 12.2. The minimum absolute atomic E-state index is 0.171. The van der Waals surface area contributed by atoms with Crippen LogP contribution in [0.5, 0.6) is 0 Å². The molecule has 0 atom stereocenters. The van der Waals surface area contributed by atoms with Crippen molar-refractivity contribution in [1.29, 1.82) is 0 Å². The summed E-state index contributed by atoms with van der Waals surface area (Å²) in [7, 11) is 0. The Morgan fingerprint density at radius 3 is 2.37 bits per heavy atom. The van der Waals surface area contributed by atoms with Crippen molar-refractivity contribution in [2.45, 2.75) is 6.92 Å². The van der Waals surface area contributed by atoms with Crippen molar-refractivity contribution < 1.29 is 4.79 Å². The lowest BCUT2D eigenvalue weighted by Crippen LogP contribution is -2.13. The highest BCUT2D eigenvalue weighted by Gasteiger charge is 2.11. The van der Waals surface area contributed by atoms with Crippen molar-refractivity contribution in [3.8, 4) is 0 Å². The number of halogens is 2. The van der Waals surface area contributed by atoms with Gasteiger partial charge in [0.2, 0.25) is 0 Å². The van der Waals surface area contributed by atoms with Gasteiger partial charge < -0.3 is 11.1 Å². The Balaban J connectivity index is 2.28. The number of aryl methyl sites for hydroxylation is 1. The highest BCUT2D eigenvalue weighted by atomic mass is 79.9. The largest absolute Gasteiger partial charge is 0.399 e. The maximum Gasteiger partial charge on any atom is 0.255 e. The lowest BCUT2D eigenvalue weighted by Gasteiger charge is -2.10. The van der Waals surface area contributed by atoms with Crippen LogP contribution in [0.25, 0.3) is 0 Å².